The van der Waals surface area contributed by atoms with E-state index in [0.29, 0.717) is 12.4 Å². The van der Waals surface area contributed by atoms with Crippen molar-refractivity contribution in [2.75, 3.05) is 18.5 Å². The maximum absolute atomic E-state index is 12.6. The predicted octanol–water partition coefficient (Wildman–Crippen LogP) is 3.79. The van der Waals surface area contributed by atoms with Crippen LogP contribution in [0, 0.1) is 6.92 Å². The van der Waals surface area contributed by atoms with Gasteiger partial charge in [-0.15, -0.1) is 0 Å². The summed E-state index contributed by atoms with van der Waals surface area (Å²) in [5.74, 6) is 1.27. The molecule has 0 amide bonds. The molecule has 0 unspecified atom stereocenters. The molecule has 8 heteroatoms. The molecule has 0 spiro atoms. The number of hydrogen-bond acceptors (Lipinski definition) is 3. The molecule has 0 aromatic carbocycles. The summed E-state index contributed by atoms with van der Waals surface area (Å²) in [4.78, 5) is 9.71. The fraction of sp³-hybridized carbons (Fsp3) is 0.429. The number of hydrogen-bond donors (Lipinski definition) is 0. The van der Waals surface area contributed by atoms with Crippen LogP contribution in [0.25, 0.3) is 0 Å². The first-order valence-corrected chi connectivity index (χ1v) is 7.08. The highest BCUT2D eigenvalue weighted by molar-refractivity contribution is 6.33. The number of nitrogens with zero attached hydrogens (tertiary/aromatic N) is 4. The first-order valence-electron chi connectivity index (χ1n) is 6.70. The zero-order chi connectivity index (χ0) is 16.3. The van der Waals surface area contributed by atoms with Crippen LogP contribution in [0.1, 0.15) is 17.8 Å². The van der Waals surface area contributed by atoms with Crippen LogP contribution in [0.3, 0.4) is 0 Å². The van der Waals surface area contributed by atoms with Gasteiger partial charge in [0.2, 0.25) is 0 Å². The Morgan fingerprint density at radius 3 is 2.59 bits per heavy atom. The maximum Gasteiger partial charge on any atom is 0.417 e. The van der Waals surface area contributed by atoms with E-state index in [-0.39, 0.29) is 5.02 Å². The summed E-state index contributed by atoms with van der Waals surface area (Å²) in [5, 5.41) is -0.00358. The molecule has 0 aliphatic heterocycles. The van der Waals surface area contributed by atoms with Crippen LogP contribution in [0.4, 0.5) is 19.0 Å². The smallest absolute Gasteiger partial charge is 0.358 e. The van der Waals surface area contributed by atoms with Crippen molar-refractivity contribution in [1.82, 2.24) is 14.5 Å². The number of rotatable bonds is 5. The van der Waals surface area contributed by atoms with Gasteiger partial charge in [0.05, 0.1) is 10.6 Å². The van der Waals surface area contributed by atoms with Gasteiger partial charge in [-0.3, -0.25) is 0 Å². The molecule has 2 rings (SSSR count). The maximum atomic E-state index is 12.6. The summed E-state index contributed by atoms with van der Waals surface area (Å²) in [5.41, 5.74) is -0.844. The molecule has 2 heterocycles. The van der Waals surface area contributed by atoms with Crippen molar-refractivity contribution in [2.24, 2.45) is 0 Å². The quantitative estimate of drug-likeness (QED) is 0.835. The number of pyridine rings is 1. The zero-order valence-electron chi connectivity index (χ0n) is 12.2. The third-order valence-electron chi connectivity index (χ3n) is 3.33. The third-order valence-corrected chi connectivity index (χ3v) is 3.60. The number of anilines is 1. The molecule has 0 bridgehead atoms. The van der Waals surface area contributed by atoms with E-state index in [9.17, 15) is 13.2 Å². The third kappa shape index (κ3) is 3.91. The topological polar surface area (TPSA) is 34.0 Å². The van der Waals surface area contributed by atoms with Crippen molar-refractivity contribution in [2.45, 2.75) is 26.1 Å². The van der Waals surface area contributed by atoms with Crippen molar-refractivity contribution >= 4 is 17.4 Å². The Kier molecular flexibility index (Phi) is 4.95. The average molecular weight is 333 g/mol. The summed E-state index contributed by atoms with van der Waals surface area (Å²) in [7, 11) is 1.75. The SMILES string of the molecule is Cc1nccn1CCCN(C)c1ncc(C(F)(F)F)cc1Cl. The summed E-state index contributed by atoms with van der Waals surface area (Å²) < 4.78 is 39.7. The van der Waals surface area contributed by atoms with Gasteiger partial charge in [0, 0.05) is 38.7 Å². The van der Waals surface area contributed by atoms with Gasteiger partial charge in [0.15, 0.2) is 0 Å². The van der Waals surface area contributed by atoms with Gasteiger partial charge in [0.25, 0.3) is 0 Å². The Bertz CT molecular complexity index is 639. The molecule has 2 aromatic rings. The number of aromatic nitrogens is 3. The van der Waals surface area contributed by atoms with Crippen LogP contribution in [0.15, 0.2) is 24.7 Å². The first-order chi connectivity index (χ1) is 10.3. The lowest BCUT2D eigenvalue weighted by Crippen LogP contribution is -2.22. The Labute approximate surface area is 131 Å². The lowest BCUT2D eigenvalue weighted by molar-refractivity contribution is -0.137. The van der Waals surface area contributed by atoms with Crippen molar-refractivity contribution in [1.29, 1.82) is 0 Å². The number of halogens is 4. The molecule has 0 fully saturated rings. The van der Waals surface area contributed by atoms with E-state index in [1.165, 1.54) is 0 Å². The summed E-state index contributed by atoms with van der Waals surface area (Å²) >= 11 is 5.91. The van der Waals surface area contributed by atoms with Gasteiger partial charge < -0.3 is 9.47 Å². The van der Waals surface area contributed by atoms with Gasteiger partial charge in [0.1, 0.15) is 11.6 Å². The van der Waals surface area contributed by atoms with E-state index in [4.69, 9.17) is 11.6 Å². The standard InChI is InChI=1S/C14H16ClF3N4/c1-10-19-4-7-22(10)6-3-5-21(2)13-12(15)8-11(9-20-13)14(16,17)18/h4,7-9H,3,5-6H2,1-2H3. The minimum atomic E-state index is -4.44. The summed E-state index contributed by atoms with van der Waals surface area (Å²) in [6.45, 7) is 3.31. The highest BCUT2D eigenvalue weighted by atomic mass is 35.5. The molecule has 0 saturated carbocycles. The first kappa shape index (κ1) is 16.6. The second-order valence-corrected chi connectivity index (χ2v) is 5.38. The number of aryl methyl sites for hydroxylation is 2. The highest BCUT2D eigenvalue weighted by Crippen LogP contribution is 2.33. The van der Waals surface area contributed by atoms with Gasteiger partial charge in [-0.2, -0.15) is 13.2 Å². The van der Waals surface area contributed by atoms with Gasteiger partial charge in [-0.05, 0) is 19.4 Å². The normalized spacial score (nSPS) is 11.7. The molecule has 0 radical (unpaired) electrons. The fourth-order valence-electron chi connectivity index (χ4n) is 2.09. The van der Waals surface area contributed by atoms with E-state index in [2.05, 4.69) is 9.97 Å². The molecule has 0 aliphatic rings. The highest BCUT2D eigenvalue weighted by Gasteiger charge is 2.31. The Morgan fingerprint density at radius 2 is 2.05 bits per heavy atom. The van der Waals surface area contributed by atoms with Crippen LogP contribution < -0.4 is 4.90 Å². The molecular weight excluding hydrogens is 317 g/mol. The molecule has 120 valence electrons. The Hall–Kier alpha value is -1.76. The second-order valence-electron chi connectivity index (χ2n) is 4.97. The lowest BCUT2D eigenvalue weighted by Gasteiger charge is -2.20. The van der Waals surface area contributed by atoms with Crippen molar-refractivity contribution in [3.63, 3.8) is 0 Å². The molecule has 0 atom stereocenters. The summed E-state index contributed by atoms with van der Waals surface area (Å²) in [6.07, 6.45) is 0.781. The largest absolute Gasteiger partial charge is 0.417 e. The van der Waals surface area contributed by atoms with Crippen LogP contribution in [-0.4, -0.2) is 28.1 Å². The van der Waals surface area contributed by atoms with E-state index < -0.39 is 11.7 Å². The van der Waals surface area contributed by atoms with E-state index in [0.717, 1.165) is 31.1 Å². The number of alkyl halides is 3. The lowest BCUT2D eigenvalue weighted by atomic mass is 10.2. The zero-order valence-corrected chi connectivity index (χ0v) is 13.0. The van der Waals surface area contributed by atoms with Gasteiger partial charge in [-0.1, -0.05) is 11.6 Å². The summed E-state index contributed by atoms with van der Waals surface area (Å²) in [6, 6.07) is 0.903. The molecule has 22 heavy (non-hydrogen) atoms. The second kappa shape index (κ2) is 6.56. The molecular formula is C14H16ClF3N4. The predicted molar refractivity (Wildman–Crippen MR) is 79.1 cm³/mol. The van der Waals surface area contributed by atoms with Crippen molar-refractivity contribution in [3.8, 4) is 0 Å². The monoisotopic (exact) mass is 332 g/mol. The van der Waals surface area contributed by atoms with Crippen molar-refractivity contribution < 1.29 is 13.2 Å². The van der Waals surface area contributed by atoms with Crippen molar-refractivity contribution in [3.05, 3.63) is 41.1 Å². The minimum Gasteiger partial charge on any atom is -0.358 e. The van der Waals surface area contributed by atoms with Crippen LogP contribution in [-0.2, 0) is 12.7 Å². The molecule has 0 N–H and O–H groups in total. The van der Waals surface area contributed by atoms with Crippen LogP contribution in [0.2, 0.25) is 5.02 Å². The van der Waals surface area contributed by atoms with Crippen LogP contribution in [0.5, 0.6) is 0 Å². The number of imidazole rings is 1. The molecule has 0 aliphatic carbocycles. The van der Waals surface area contributed by atoms with Gasteiger partial charge in [-0.25, -0.2) is 9.97 Å². The Balaban J connectivity index is 1.98. The fourth-order valence-corrected chi connectivity index (χ4v) is 2.40. The average Bonchev–Trinajstić information content (AvgIpc) is 2.83. The molecule has 2 aromatic heterocycles. The van der Waals surface area contributed by atoms with Gasteiger partial charge >= 0.3 is 6.18 Å². The van der Waals surface area contributed by atoms with E-state index >= 15 is 0 Å². The molecule has 0 saturated heterocycles. The minimum absolute atomic E-state index is 0.00358. The van der Waals surface area contributed by atoms with E-state index in [1.54, 1.807) is 18.1 Å². The van der Waals surface area contributed by atoms with E-state index in [1.807, 2.05) is 17.7 Å². The Morgan fingerprint density at radius 1 is 1.32 bits per heavy atom. The van der Waals surface area contributed by atoms with Crippen LogP contribution >= 0.6 is 11.6 Å². The molecule has 4 nitrogen and oxygen atoms in total.